The number of hydrogen-bond donors (Lipinski definition) is 1. The second-order valence-electron chi connectivity index (χ2n) is 3.88. The van der Waals surface area contributed by atoms with Gasteiger partial charge in [-0.1, -0.05) is 23.7 Å². The van der Waals surface area contributed by atoms with Crippen LogP contribution in [-0.4, -0.2) is 23.0 Å². The Morgan fingerprint density at radius 2 is 2.26 bits per heavy atom. The van der Waals surface area contributed by atoms with Crippen molar-refractivity contribution >= 4 is 23.4 Å². The molecule has 98 valence electrons. The van der Waals surface area contributed by atoms with Gasteiger partial charge in [0.15, 0.2) is 0 Å². The molecular weight excluding hydrogens is 266 g/mol. The molecule has 1 aromatic heterocycles. The number of nitrogens with zero attached hydrogens (tertiary/aromatic N) is 2. The lowest BCUT2D eigenvalue weighted by atomic mass is 10.1. The summed E-state index contributed by atoms with van der Waals surface area (Å²) in [6.07, 6.45) is 1.86. The van der Waals surface area contributed by atoms with Gasteiger partial charge in [-0.15, -0.1) is 0 Å². The number of halogens is 1. The monoisotopic (exact) mass is 277 g/mol. The third kappa shape index (κ3) is 3.20. The highest BCUT2D eigenvalue weighted by Crippen LogP contribution is 2.15. The SMILES string of the molecule is COC(=O)c1cnc(Cc2cccc(Cl)c2)nc1N. The molecule has 2 aromatic rings. The van der Waals surface area contributed by atoms with Gasteiger partial charge in [-0.25, -0.2) is 14.8 Å². The van der Waals surface area contributed by atoms with E-state index >= 15 is 0 Å². The summed E-state index contributed by atoms with van der Waals surface area (Å²) < 4.78 is 4.57. The molecule has 1 heterocycles. The molecule has 6 heteroatoms. The van der Waals surface area contributed by atoms with Gasteiger partial charge in [0.25, 0.3) is 0 Å². The molecule has 0 bridgehead atoms. The molecular formula is C13H12ClN3O2. The number of esters is 1. The molecule has 19 heavy (non-hydrogen) atoms. The van der Waals surface area contributed by atoms with Crippen LogP contribution in [0.3, 0.4) is 0 Å². The van der Waals surface area contributed by atoms with Crippen LogP contribution < -0.4 is 5.73 Å². The Morgan fingerprint density at radius 1 is 1.47 bits per heavy atom. The zero-order valence-electron chi connectivity index (χ0n) is 10.3. The van der Waals surface area contributed by atoms with Crippen molar-refractivity contribution in [2.75, 3.05) is 12.8 Å². The molecule has 0 amide bonds. The molecule has 0 saturated carbocycles. The summed E-state index contributed by atoms with van der Waals surface area (Å²) in [5.74, 6) is 0.0816. The molecule has 0 aliphatic rings. The zero-order chi connectivity index (χ0) is 13.8. The Morgan fingerprint density at radius 3 is 2.89 bits per heavy atom. The summed E-state index contributed by atoms with van der Waals surface area (Å²) in [6.45, 7) is 0. The van der Waals surface area contributed by atoms with Crippen molar-refractivity contribution in [2.45, 2.75) is 6.42 Å². The second kappa shape index (κ2) is 5.67. The van der Waals surface area contributed by atoms with Crippen LogP contribution in [0.4, 0.5) is 5.82 Å². The van der Waals surface area contributed by atoms with Gasteiger partial charge >= 0.3 is 5.97 Å². The van der Waals surface area contributed by atoms with Crippen molar-refractivity contribution < 1.29 is 9.53 Å². The standard InChI is InChI=1S/C13H12ClN3O2/c1-19-13(18)10-7-16-11(17-12(10)15)6-8-3-2-4-9(14)5-8/h2-5,7H,6H2,1H3,(H2,15,16,17). The number of benzene rings is 1. The number of carbonyl (C=O) groups is 1. The number of anilines is 1. The van der Waals surface area contributed by atoms with E-state index in [4.69, 9.17) is 17.3 Å². The molecule has 5 nitrogen and oxygen atoms in total. The van der Waals surface area contributed by atoms with E-state index in [-0.39, 0.29) is 11.4 Å². The van der Waals surface area contributed by atoms with Gasteiger partial charge in [-0.2, -0.15) is 0 Å². The molecule has 2 N–H and O–H groups in total. The van der Waals surface area contributed by atoms with Gasteiger partial charge in [0.2, 0.25) is 0 Å². The first kappa shape index (κ1) is 13.3. The number of rotatable bonds is 3. The van der Waals surface area contributed by atoms with Gasteiger partial charge in [0.05, 0.1) is 7.11 Å². The third-order valence-electron chi connectivity index (χ3n) is 2.52. The molecule has 1 aromatic carbocycles. The summed E-state index contributed by atoms with van der Waals surface area (Å²) >= 11 is 5.90. The minimum Gasteiger partial charge on any atom is -0.465 e. The lowest BCUT2D eigenvalue weighted by Crippen LogP contribution is -2.10. The molecule has 0 unspecified atom stereocenters. The van der Waals surface area contributed by atoms with Crippen LogP contribution in [0.2, 0.25) is 5.02 Å². The Balaban J connectivity index is 2.23. The molecule has 0 radical (unpaired) electrons. The minimum absolute atomic E-state index is 0.110. The highest BCUT2D eigenvalue weighted by molar-refractivity contribution is 6.30. The Bertz CT molecular complexity index is 617. The largest absolute Gasteiger partial charge is 0.465 e. The lowest BCUT2D eigenvalue weighted by molar-refractivity contribution is 0.0601. The zero-order valence-corrected chi connectivity index (χ0v) is 11.0. The number of nitrogen functional groups attached to an aromatic ring is 1. The van der Waals surface area contributed by atoms with E-state index in [2.05, 4.69) is 14.7 Å². The Labute approximate surface area is 115 Å². The molecule has 0 aliphatic heterocycles. The van der Waals surface area contributed by atoms with E-state index in [9.17, 15) is 4.79 Å². The maximum atomic E-state index is 11.3. The highest BCUT2D eigenvalue weighted by atomic mass is 35.5. The predicted molar refractivity (Wildman–Crippen MR) is 72.0 cm³/mol. The first-order valence-electron chi connectivity index (χ1n) is 5.54. The number of nitrogens with two attached hydrogens (primary N) is 1. The summed E-state index contributed by atoms with van der Waals surface area (Å²) in [6, 6.07) is 7.39. The molecule has 0 spiro atoms. The van der Waals surface area contributed by atoms with E-state index in [0.29, 0.717) is 17.3 Å². The van der Waals surface area contributed by atoms with E-state index in [1.807, 2.05) is 18.2 Å². The summed E-state index contributed by atoms with van der Waals surface area (Å²) in [5.41, 5.74) is 6.84. The number of ether oxygens (including phenoxy) is 1. The van der Waals surface area contributed by atoms with Crippen molar-refractivity contribution in [1.82, 2.24) is 9.97 Å². The van der Waals surface area contributed by atoms with E-state index in [1.54, 1.807) is 6.07 Å². The van der Waals surface area contributed by atoms with Gasteiger partial charge < -0.3 is 10.5 Å². The predicted octanol–water partition coefficient (Wildman–Crippen LogP) is 2.09. The summed E-state index contributed by atoms with van der Waals surface area (Å²) in [7, 11) is 1.28. The molecule has 2 rings (SSSR count). The average Bonchev–Trinajstić information content (AvgIpc) is 2.38. The molecule has 0 aliphatic carbocycles. The van der Waals surface area contributed by atoms with Crippen LogP contribution in [0.15, 0.2) is 30.5 Å². The number of carbonyl (C=O) groups excluding carboxylic acids is 1. The number of hydrogen-bond acceptors (Lipinski definition) is 5. The van der Waals surface area contributed by atoms with Crippen LogP contribution in [0, 0.1) is 0 Å². The van der Waals surface area contributed by atoms with Crippen LogP contribution in [0.5, 0.6) is 0 Å². The fourth-order valence-electron chi connectivity index (χ4n) is 1.62. The molecule has 0 saturated heterocycles. The summed E-state index contributed by atoms with van der Waals surface area (Å²) in [4.78, 5) is 19.5. The summed E-state index contributed by atoms with van der Waals surface area (Å²) in [5, 5.41) is 0.650. The van der Waals surface area contributed by atoms with E-state index in [0.717, 1.165) is 5.56 Å². The Kier molecular flexibility index (Phi) is 3.97. The van der Waals surface area contributed by atoms with Crippen LogP contribution in [-0.2, 0) is 11.2 Å². The van der Waals surface area contributed by atoms with Gasteiger partial charge in [-0.05, 0) is 17.7 Å². The smallest absolute Gasteiger partial charge is 0.343 e. The highest BCUT2D eigenvalue weighted by Gasteiger charge is 2.12. The van der Waals surface area contributed by atoms with E-state index in [1.165, 1.54) is 13.3 Å². The van der Waals surface area contributed by atoms with Crippen LogP contribution in [0.25, 0.3) is 0 Å². The van der Waals surface area contributed by atoms with E-state index < -0.39 is 5.97 Å². The fourth-order valence-corrected chi connectivity index (χ4v) is 1.83. The quantitative estimate of drug-likeness (QED) is 0.869. The average molecular weight is 278 g/mol. The first-order valence-corrected chi connectivity index (χ1v) is 5.92. The van der Waals surface area contributed by atoms with Crippen molar-refractivity contribution in [2.24, 2.45) is 0 Å². The number of aromatic nitrogens is 2. The third-order valence-corrected chi connectivity index (χ3v) is 2.76. The van der Waals surface area contributed by atoms with Crippen molar-refractivity contribution in [3.63, 3.8) is 0 Å². The van der Waals surface area contributed by atoms with Crippen molar-refractivity contribution in [3.8, 4) is 0 Å². The Hall–Kier alpha value is -2.14. The van der Waals surface area contributed by atoms with Gasteiger partial charge in [0, 0.05) is 17.6 Å². The molecule has 0 fully saturated rings. The maximum Gasteiger partial charge on any atom is 0.343 e. The second-order valence-corrected chi connectivity index (χ2v) is 4.32. The van der Waals surface area contributed by atoms with Gasteiger partial charge in [-0.3, -0.25) is 0 Å². The topological polar surface area (TPSA) is 78.1 Å². The van der Waals surface area contributed by atoms with Crippen molar-refractivity contribution in [3.05, 3.63) is 52.4 Å². The van der Waals surface area contributed by atoms with Crippen LogP contribution in [0.1, 0.15) is 21.7 Å². The normalized spacial score (nSPS) is 10.2. The van der Waals surface area contributed by atoms with Crippen LogP contribution >= 0.6 is 11.6 Å². The minimum atomic E-state index is -0.549. The maximum absolute atomic E-state index is 11.3. The fraction of sp³-hybridized carbons (Fsp3) is 0.154. The number of methoxy groups -OCH3 is 1. The first-order chi connectivity index (χ1) is 9.10. The van der Waals surface area contributed by atoms with Gasteiger partial charge in [0.1, 0.15) is 17.2 Å². The lowest BCUT2D eigenvalue weighted by Gasteiger charge is -2.05. The van der Waals surface area contributed by atoms with Crippen molar-refractivity contribution in [1.29, 1.82) is 0 Å². The molecule has 0 atom stereocenters.